The van der Waals surface area contributed by atoms with E-state index in [2.05, 4.69) is 5.32 Å². The molecule has 1 aliphatic rings. The Morgan fingerprint density at radius 3 is 2.70 bits per heavy atom. The average Bonchev–Trinajstić information content (AvgIpc) is 2.14. The van der Waals surface area contributed by atoms with Crippen LogP contribution in [0.5, 0.6) is 0 Å². The molecule has 4 N–H and O–H groups in total. The Hall–Kier alpha value is -0.610. The van der Waals surface area contributed by atoms with Crippen molar-refractivity contribution < 1.29 is 9.90 Å². The summed E-state index contributed by atoms with van der Waals surface area (Å²) < 4.78 is 0. The molecule has 0 saturated carbocycles. The minimum Gasteiger partial charge on any atom is -0.393 e. The van der Waals surface area contributed by atoms with Crippen LogP contribution in [-0.4, -0.2) is 29.7 Å². The quantitative estimate of drug-likeness (QED) is 0.416. The van der Waals surface area contributed by atoms with E-state index < -0.39 is 12.1 Å². The van der Waals surface area contributed by atoms with Gasteiger partial charge in [-0.15, -0.1) is 0 Å². The summed E-state index contributed by atoms with van der Waals surface area (Å²) in [5.74, 6) is -0.279. The number of carbonyl (C=O) groups excluding carboxylic acids is 1. The number of nitrogens with two attached hydrogens (primary N) is 1. The van der Waals surface area contributed by atoms with Crippen molar-refractivity contribution >= 4 is 5.91 Å². The van der Waals surface area contributed by atoms with Crippen molar-refractivity contribution in [2.75, 3.05) is 6.54 Å². The zero-order valence-electron chi connectivity index (χ0n) is 5.87. The summed E-state index contributed by atoms with van der Waals surface area (Å²) in [6, 6.07) is -0.528. The van der Waals surface area contributed by atoms with Crippen LogP contribution >= 0.6 is 0 Å². The number of nitrogens with one attached hydrogen (secondary N) is 1. The second kappa shape index (κ2) is 2.56. The maximum absolute atomic E-state index is 10.7. The fourth-order valence-electron chi connectivity index (χ4n) is 1.13. The Labute approximate surface area is 59.4 Å². The van der Waals surface area contributed by atoms with Crippen molar-refractivity contribution in [3.05, 3.63) is 0 Å². The van der Waals surface area contributed by atoms with Gasteiger partial charge in [0.25, 0.3) is 0 Å². The lowest BCUT2D eigenvalue weighted by Gasteiger charge is -2.14. The van der Waals surface area contributed by atoms with Crippen LogP contribution < -0.4 is 11.1 Å². The maximum atomic E-state index is 10.7. The molecule has 0 aromatic heterocycles. The summed E-state index contributed by atoms with van der Waals surface area (Å²) in [5.41, 5.74) is 5.45. The molecule has 1 fully saturated rings. The van der Waals surface area contributed by atoms with Crippen molar-refractivity contribution in [3.8, 4) is 0 Å². The van der Waals surface area contributed by atoms with Gasteiger partial charge in [0, 0.05) is 12.5 Å². The predicted molar refractivity (Wildman–Crippen MR) is 36.2 cm³/mol. The van der Waals surface area contributed by atoms with Crippen LogP contribution in [0, 0.1) is 5.92 Å². The first-order valence-electron chi connectivity index (χ1n) is 3.34. The van der Waals surface area contributed by atoms with Crippen LogP contribution in [0.1, 0.15) is 6.92 Å². The smallest absolute Gasteiger partial charge is 0.237 e. The highest BCUT2D eigenvalue weighted by molar-refractivity contribution is 5.84. The van der Waals surface area contributed by atoms with E-state index >= 15 is 0 Å². The van der Waals surface area contributed by atoms with E-state index in [1.165, 1.54) is 0 Å². The molecule has 1 amide bonds. The third-order valence-electron chi connectivity index (χ3n) is 1.90. The van der Waals surface area contributed by atoms with E-state index in [-0.39, 0.29) is 11.8 Å². The van der Waals surface area contributed by atoms with Gasteiger partial charge in [-0.25, -0.2) is 0 Å². The summed E-state index contributed by atoms with van der Waals surface area (Å²) >= 11 is 0. The molecule has 0 aromatic carbocycles. The highest BCUT2D eigenvalue weighted by atomic mass is 16.3. The molecule has 1 heterocycles. The Kier molecular flexibility index (Phi) is 1.92. The lowest BCUT2D eigenvalue weighted by Crippen LogP contribution is -2.38. The van der Waals surface area contributed by atoms with Crippen LogP contribution in [0.3, 0.4) is 0 Å². The molecule has 0 aliphatic carbocycles. The molecule has 0 radical (unpaired) electrons. The van der Waals surface area contributed by atoms with Gasteiger partial charge in [-0.3, -0.25) is 4.79 Å². The van der Waals surface area contributed by atoms with E-state index in [9.17, 15) is 4.79 Å². The van der Waals surface area contributed by atoms with Crippen LogP contribution in [0.2, 0.25) is 0 Å². The Morgan fingerprint density at radius 2 is 2.50 bits per heavy atom. The first-order chi connectivity index (χ1) is 4.63. The monoisotopic (exact) mass is 144 g/mol. The lowest BCUT2D eigenvalue weighted by atomic mass is 9.99. The molecule has 1 rings (SSSR count). The zero-order chi connectivity index (χ0) is 7.72. The summed E-state index contributed by atoms with van der Waals surface area (Å²) in [4.78, 5) is 10.7. The molecule has 1 aliphatic heterocycles. The number of hydrogen-bond acceptors (Lipinski definition) is 3. The van der Waals surface area contributed by atoms with Gasteiger partial charge >= 0.3 is 0 Å². The summed E-state index contributed by atoms with van der Waals surface area (Å²) in [6.07, 6.45) is -0.506. The van der Waals surface area contributed by atoms with E-state index in [0.29, 0.717) is 6.54 Å². The number of hydrogen-bond donors (Lipinski definition) is 3. The Bertz CT molecular complexity index is 147. The second-order valence-electron chi connectivity index (χ2n) is 2.68. The highest BCUT2D eigenvalue weighted by Gasteiger charge is 2.34. The minimum atomic E-state index is -0.528. The first kappa shape index (κ1) is 7.50. The molecule has 58 valence electrons. The Balaban J connectivity index is 2.57. The zero-order valence-corrected chi connectivity index (χ0v) is 5.87. The second-order valence-corrected chi connectivity index (χ2v) is 2.68. The molecule has 0 bridgehead atoms. The number of rotatable bonds is 1. The van der Waals surface area contributed by atoms with Crippen molar-refractivity contribution in [1.29, 1.82) is 0 Å². The fraction of sp³-hybridized carbons (Fsp3) is 0.833. The van der Waals surface area contributed by atoms with E-state index in [0.717, 1.165) is 0 Å². The van der Waals surface area contributed by atoms with Gasteiger partial charge in [-0.05, 0) is 6.92 Å². The topological polar surface area (TPSA) is 75.3 Å². The molecule has 0 aromatic rings. The Morgan fingerprint density at radius 1 is 1.90 bits per heavy atom. The fourth-order valence-corrected chi connectivity index (χ4v) is 1.13. The predicted octanol–water partition coefficient (Wildman–Crippen LogP) is -1.56. The van der Waals surface area contributed by atoms with Crippen LogP contribution in [0.25, 0.3) is 0 Å². The molecule has 4 heteroatoms. The average molecular weight is 144 g/mol. The molecule has 3 atom stereocenters. The van der Waals surface area contributed by atoms with Crippen LogP contribution in [0.15, 0.2) is 0 Å². The lowest BCUT2D eigenvalue weighted by molar-refractivity contribution is -0.120. The van der Waals surface area contributed by atoms with Gasteiger partial charge in [0.15, 0.2) is 0 Å². The molecule has 10 heavy (non-hydrogen) atoms. The van der Waals surface area contributed by atoms with E-state index in [1.807, 2.05) is 0 Å². The standard InChI is InChI=1S/C6H12N2O2/c1-3(9)4-2-8-6(10)5(4)7/h3-5,9H,2,7H2,1H3,(H,8,10)/t3-,4-,5-/m0/s1. The maximum Gasteiger partial charge on any atom is 0.237 e. The van der Waals surface area contributed by atoms with Gasteiger partial charge < -0.3 is 16.2 Å². The molecule has 0 unspecified atom stereocenters. The van der Waals surface area contributed by atoms with Gasteiger partial charge in [-0.1, -0.05) is 0 Å². The highest BCUT2D eigenvalue weighted by Crippen LogP contribution is 2.11. The number of aliphatic hydroxyl groups is 1. The molecular formula is C6H12N2O2. The number of aliphatic hydroxyl groups excluding tert-OH is 1. The molecular weight excluding hydrogens is 132 g/mol. The van der Waals surface area contributed by atoms with E-state index in [4.69, 9.17) is 10.8 Å². The number of amides is 1. The van der Waals surface area contributed by atoms with Gasteiger partial charge in [-0.2, -0.15) is 0 Å². The van der Waals surface area contributed by atoms with Crippen molar-refractivity contribution in [3.63, 3.8) is 0 Å². The van der Waals surface area contributed by atoms with Gasteiger partial charge in [0.05, 0.1) is 12.1 Å². The molecule has 1 saturated heterocycles. The van der Waals surface area contributed by atoms with Crippen molar-refractivity contribution in [2.45, 2.75) is 19.1 Å². The summed E-state index contributed by atoms with van der Waals surface area (Å²) in [5, 5.41) is 11.6. The molecule has 4 nitrogen and oxygen atoms in total. The molecule has 0 spiro atoms. The SMILES string of the molecule is C[C@H](O)[C@@H]1CNC(=O)[C@H]1N. The minimum absolute atomic E-state index is 0.118. The van der Waals surface area contributed by atoms with Crippen molar-refractivity contribution in [2.24, 2.45) is 11.7 Å². The largest absolute Gasteiger partial charge is 0.393 e. The summed E-state index contributed by atoms with van der Waals surface area (Å²) in [6.45, 7) is 2.14. The first-order valence-corrected chi connectivity index (χ1v) is 3.34. The van der Waals surface area contributed by atoms with Gasteiger partial charge in [0.2, 0.25) is 5.91 Å². The number of carbonyl (C=O) groups is 1. The van der Waals surface area contributed by atoms with E-state index in [1.54, 1.807) is 6.92 Å². The third-order valence-corrected chi connectivity index (χ3v) is 1.90. The van der Waals surface area contributed by atoms with Crippen LogP contribution in [-0.2, 0) is 4.79 Å². The normalized spacial score (nSPS) is 35.7. The van der Waals surface area contributed by atoms with Crippen molar-refractivity contribution in [1.82, 2.24) is 5.32 Å². The summed E-state index contributed by atoms with van der Waals surface area (Å²) in [7, 11) is 0. The van der Waals surface area contributed by atoms with Crippen LogP contribution in [0.4, 0.5) is 0 Å². The van der Waals surface area contributed by atoms with Gasteiger partial charge in [0.1, 0.15) is 0 Å². The third kappa shape index (κ3) is 1.12.